The Kier molecular flexibility index (Phi) is 5.22. The standard InChI is InChI=1S/C12H23NO3/c1-4-11(9(2)3)13-5-6-16-8-10(13)7-12(14)15/h9-11H,4-8H2,1-3H3,(H,14,15). The molecule has 94 valence electrons. The minimum Gasteiger partial charge on any atom is -0.481 e. The summed E-state index contributed by atoms with van der Waals surface area (Å²) in [5.74, 6) is -0.182. The zero-order chi connectivity index (χ0) is 12.1. The van der Waals surface area contributed by atoms with Crippen molar-refractivity contribution in [2.75, 3.05) is 19.8 Å². The van der Waals surface area contributed by atoms with Crippen LogP contribution in [0, 0.1) is 5.92 Å². The fourth-order valence-corrected chi connectivity index (χ4v) is 2.57. The van der Waals surface area contributed by atoms with Gasteiger partial charge in [-0.3, -0.25) is 9.69 Å². The van der Waals surface area contributed by atoms with Crippen LogP contribution in [0.15, 0.2) is 0 Å². The Labute approximate surface area is 97.6 Å². The van der Waals surface area contributed by atoms with Gasteiger partial charge < -0.3 is 9.84 Å². The molecule has 0 saturated carbocycles. The molecule has 1 N–H and O–H groups in total. The summed E-state index contributed by atoms with van der Waals surface area (Å²) in [7, 11) is 0. The predicted molar refractivity (Wildman–Crippen MR) is 62.5 cm³/mol. The molecule has 2 atom stereocenters. The number of carboxylic acid groups (broad SMARTS) is 1. The summed E-state index contributed by atoms with van der Waals surface area (Å²) in [5.41, 5.74) is 0. The minimum absolute atomic E-state index is 0.0404. The molecule has 0 aliphatic carbocycles. The van der Waals surface area contributed by atoms with Crippen molar-refractivity contribution in [2.24, 2.45) is 5.92 Å². The van der Waals surface area contributed by atoms with Gasteiger partial charge >= 0.3 is 5.97 Å². The van der Waals surface area contributed by atoms with Crippen LogP contribution in [0.1, 0.15) is 33.6 Å². The van der Waals surface area contributed by atoms with E-state index in [0.717, 1.165) is 19.6 Å². The van der Waals surface area contributed by atoms with Crippen molar-refractivity contribution in [3.63, 3.8) is 0 Å². The number of carbonyl (C=O) groups is 1. The van der Waals surface area contributed by atoms with Crippen molar-refractivity contribution in [1.29, 1.82) is 0 Å². The molecule has 0 radical (unpaired) electrons. The summed E-state index contributed by atoms with van der Waals surface area (Å²) < 4.78 is 5.38. The van der Waals surface area contributed by atoms with Gasteiger partial charge in [-0.1, -0.05) is 20.8 Å². The van der Waals surface area contributed by atoms with Crippen LogP contribution >= 0.6 is 0 Å². The number of hydrogen-bond acceptors (Lipinski definition) is 3. The van der Waals surface area contributed by atoms with E-state index >= 15 is 0 Å². The maximum atomic E-state index is 10.8. The third-order valence-electron chi connectivity index (χ3n) is 3.30. The molecule has 1 fully saturated rings. The Morgan fingerprint density at radius 1 is 1.56 bits per heavy atom. The van der Waals surface area contributed by atoms with Gasteiger partial charge in [0.1, 0.15) is 0 Å². The second kappa shape index (κ2) is 6.21. The smallest absolute Gasteiger partial charge is 0.305 e. The highest BCUT2D eigenvalue weighted by molar-refractivity contribution is 5.67. The molecule has 0 spiro atoms. The van der Waals surface area contributed by atoms with E-state index in [1.165, 1.54) is 0 Å². The van der Waals surface area contributed by atoms with Crippen molar-refractivity contribution in [3.8, 4) is 0 Å². The van der Waals surface area contributed by atoms with Gasteiger partial charge in [-0.2, -0.15) is 0 Å². The van der Waals surface area contributed by atoms with Crippen LogP contribution in [-0.4, -0.2) is 47.8 Å². The first-order valence-electron chi connectivity index (χ1n) is 6.11. The van der Waals surface area contributed by atoms with Gasteiger partial charge in [0, 0.05) is 18.6 Å². The van der Waals surface area contributed by atoms with Gasteiger partial charge in [0.15, 0.2) is 0 Å². The van der Waals surface area contributed by atoms with E-state index in [0.29, 0.717) is 18.6 Å². The van der Waals surface area contributed by atoms with Crippen LogP contribution in [0.4, 0.5) is 0 Å². The number of nitrogens with zero attached hydrogens (tertiary/aromatic N) is 1. The Balaban J connectivity index is 2.67. The second-order valence-electron chi connectivity index (χ2n) is 4.78. The molecule has 0 aromatic carbocycles. The van der Waals surface area contributed by atoms with Gasteiger partial charge in [0.05, 0.1) is 19.6 Å². The molecular weight excluding hydrogens is 206 g/mol. The molecule has 4 nitrogen and oxygen atoms in total. The summed E-state index contributed by atoms with van der Waals surface area (Å²) in [5, 5.41) is 8.89. The van der Waals surface area contributed by atoms with Crippen LogP contribution in [0.25, 0.3) is 0 Å². The van der Waals surface area contributed by atoms with Crippen LogP contribution in [0.3, 0.4) is 0 Å². The molecule has 1 heterocycles. The first-order chi connectivity index (χ1) is 7.56. The number of ether oxygens (including phenoxy) is 1. The molecule has 0 aromatic heterocycles. The number of morpholine rings is 1. The van der Waals surface area contributed by atoms with Gasteiger partial charge in [0.25, 0.3) is 0 Å². The zero-order valence-electron chi connectivity index (χ0n) is 10.5. The van der Waals surface area contributed by atoms with Gasteiger partial charge in [-0.25, -0.2) is 0 Å². The molecule has 16 heavy (non-hydrogen) atoms. The van der Waals surface area contributed by atoms with E-state index in [1.54, 1.807) is 0 Å². The molecule has 1 rings (SSSR count). The maximum absolute atomic E-state index is 10.8. The fraction of sp³-hybridized carbons (Fsp3) is 0.917. The monoisotopic (exact) mass is 229 g/mol. The average molecular weight is 229 g/mol. The Morgan fingerprint density at radius 2 is 2.25 bits per heavy atom. The largest absolute Gasteiger partial charge is 0.481 e. The fourth-order valence-electron chi connectivity index (χ4n) is 2.57. The van der Waals surface area contributed by atoms with Crippen LogP contribution in [0.5, 0.6) is 0 Å². The first kappa shape index (κ1) is 13.5. The topological polar surface area (TPSA) is 49.8 Å². The normalized spacial score (nSPS) is 24.6. The molecule has 0 amide bonds. The molecule has 1 aliphatic rings. The quantitative estimate of drug-likeness (QED) is 0.778. The maximum Gasteiger partial charge on any atom is 0.305 e. The highest BCUT2D eigenvalue weighted by Gasteiger charge is 2.31. The summed E-state index contributed by atoms with van der Waals surface area (Å²) >= 11 is 0. The Hall–Kier alpha value is -0.610. The second-order valence-corrected chi connectivity index (χ2v) is 4.78. The SMILES string of the molecule is CCC(C(C)C)N1CCOCC1CC(=O)O. The van der Waals surface area contributed by atoms with Crippen molar-refractivity contribution in [1.82, 2.24) is 4.90 Å². The van der Waals surface area contributed by atoms with Crippen LogP contribution in [0.2, 0.25) is 0 Å². The number of rotatable bonds is 5. The van der Waals surface area contributed by atoms with E-state index in [9.17, 15) is 4.79 Å². The molecule has 1 aliphatic heterocycles. The van der Waals surface area contributed by atoms with Crippen molar-refractivity contribution >= 4 is 5.97 Å². The van der Waals surface area contributed by atoms with Gasteiger partial charge in [-0.15, -0.1) is 0 Å². The summed E-state index contributed by atoms with van der Waals surface area (Å²) in [6.07, 6.45) is 1.25. The molecular formula is C12H23NO3. The molecule has 0 bridgehead atoms. The van der Waals surface area contributed by atoms with E-state index in [1.807, 2.05) is 0 Å². The van der Waals surface area contributed by atoms with Crippen LogP contribution < -0.4 is 0 Å². The lowest BCUT2D eigenvalue weighted by Gasteiger charge is -2.42. The van der Waals surface area contributed by atoms with E-state index in [-0.39, 0.29) is 12.5 Å². The molecule has 0 aromatic rings. The summed E-state index contributed by atoms with van der Waals surface area (Å²) in [6, 6.07) is 0.506. The lowest BCUT2D eigenvalue weighted by molar-refractivity contribution is -0.141. The number of hydrogen-bond donors (Lipinski definition) is 1. The number of carboxylic acids is 1. The van der Waals surface area contributed by atoms with Crippen molar-refractivity contribution < 1.29 is 14.6 Å². The highest BCUT2D eigenvalue weighted by Crippen LogP contribution is 2.21. The van der Waals surface area contributed by atoms with Crippen molar-refractivity contribution in [2.45, 2.75) is 45.7 Å². The Bertz CT molecular complexity index is 230. The van der Waals surface area contributed by atoms with E-state index in [4.69, 9.17) is 9.84 Å². The Morgan fingerprint density at radius 3 is 2.75 bits per heavy atom. The average Bonchev–Trinajstić information content (AvgIpc) is 2.20. The summed E-state index contributed by atoms with van der Waals surface area (Å²) in [6.45, 7) is 8.68. The van der Waals surface area contributed by atoms with Crippen LogP contribution in [-0.2, 0) is 9.53 Å². The first-order valence-corrected chi connectivity index (χ1v) is 6.11. The van der Waals surface area contributed by atoms with E-state index in [2.05, 4.69) is 25.7 Å². The molecule has 1 saturated heterocycles. The lowest BCUT2D eigenvalue weighted by Crippen LogP contribution is -2.52. The third kappa shape index (κ3) is 3.46. The van der Waals surface area contributed by atoms with Gasteiger partial charge in [0.2, 0.25) is 0 Å². The highest BCUT2D eigenvalue weighted by atomic mass is 16.5. The minimum atomic E-state index is -0.737. The lowest BCUT2D eigenvalue weighted by atomic mass is 9.96. The third-order valence-corrected chi connectivity index (χ3v) is 3.30. The summed E-state index contributed by atoms with van der Waals surface area (Å²) in [4.78, 5) is 13.1. The van der Waals surface area contributed by atoms with Crippen molar-refractivity contribution in [3.05, 3.63) is 0 Å². The molecule has 2 unspecified atom stereocenters. The van der Waals surface area contributed by atoms with E-state index < -0.39 is 5.97 Å². The molecule has 4 heteroatoms. The number of aliphatic carboxylic acids is 1. The zero-order valence-corrected chi connectivity index (χ0v) is 10.5. The predicted octanol–water partition coefficient (Wildman–Crippen LogP) is 1.60. The van der Waals surface area contributed by atoms with Gasteiger partial charge in [-0.05, 0) is 12.3 Å².